The van der Waals surface area contributed by atoms with E-state index in [2.05, 4.69) is 21.6 Å². The van der Waals surface area contributed by atoms with E-state index in [4.69, 9.17) is 0 Å². The van der Waals surface area contributed by atoms with Crippen LogP contribution < -0.4 is 10.2 Å². The van der Waals surface area contributed by atoms with Crippen molar-refractivity contribution in [1.82, 2.24) is 14.8 Å². The fourth-order valence-electron chi connectivity index (χ4n) is 3.80. The summed E-state index contributed by atoms with van der Waals surface area (Å²) < 4.78 is 1.96. The first-order valence-corrected chi connectivity index (χ1v) is 11.5. The molecule has 2 heterocycles. The van der Waals surface area contributed by atoms with Crippen LogP contribution in [0.4, 0.5) is 11.4 Å². The molecule has 1 N–H and O–H groups in total. The number of nitrogens with one attached hydrogen (secondary N) is 1. The third-order valence-corrected chi connectivity index (χ3v) is 6.23. The van der Waals surface area contributed by atoms with Crippen molar-refractivity contribution >= 4 is 35.0 Å². The Hall–Kier alpha value is -3.91. The van der Waals surface area contributed by atoms with Gasteiger partial charge in [-0.1, -0.05) is 65.9 Å². The third kappa shape index (κ3) is 4.25. The Bertz CT molecular complexity index is 1340. The number of anilines is 2. The molecule has 8 heteroatoms. The van der Waals surface area contributed by atoms with Gasteiger partial charge in [-0.05, 0) is 37.3 Å². The molecule has 1 aromatic heterocycles. The van der Waals surface area contributed by atoms with Crippen molar-refractivity contribution in [3.63, 3.8) is 0 Å². The SMILES string of the molecule is Cc1cccc(-c2nnc(SCC(=O)N3CC(=O)Nc4ccccc43)n2-c2ccccc2)c1. The van der Waals surface area contributed by atoms with Gasteiger partial charge in [0.25, 0.3) is 0 Å². The number of hydrogen-bond donors (Lipinski definition) is 1. The van der Waals surface area contributed by atoms with Crippen molar-refractivity contribution in [2.45, 2.75) is 12.1 Å². The zero-order chi connectivity index (χ0) is 22.8. The molecule has 3 aromatic carbocycles. The van der Waals surface area contributed by atoms with E-state index in [9.17, 15) is 9.59 Å². The number of rotatable bonds is 5. The van der Waals surface area contributed by atoms with Crippen LogP contribution in [0.1, 0.15) is 5.56 Å². The van der Waals surface area contributed by atoms with Crippen molar-refractivity contribution in [2.24, 2.45) is 0 Å². The highest BCUT2D eigenvalue weighted by molar-refractivity contribution is 7.99. The maximum Gasteiger partial charge on any atom is 0.244 e. The molecule has 164 valence electrons. The molecule has 0 saturated heterocycles. The van der Waals surface area contributed by atoms with Crippen molar-refractivity contribution in [3.05, 3.63) is 84.4 Å². The van der Waals surface area contributed by atoms with Gasteiger partial charge in [0.05, 0.1) is 17.1 Å². The number of aryl methyl sites for hydroxylation is 1. The van der Waals surface area contributed by atoms with Crippen molar-refractivity contribution in [1.29, 1.82) is 0 Å². The Balaban J connectivity index is 1.45. The minimum atomic E-state index is -0.207. The molecule has 0 spiro atoms. The average molecular weight is 456 g/mol. The van der Waals surface area contributed by atoms with E-state index in [1.54, 1.807) is 6.07 Å². The summed E-state index contributed by atoms with van der Waals surface area (Å²) >= 11 is 1.31. The number of carbonyl (C=O) groups is 2. The molecule has 0 unspecified atom stereocenters. The molecular formula is C25H21N5O2S. The Kier molecular flexibility index (Phi) is 5.66. The summed E-state index contributed by atoms with van der Waals surface area (Å²) in [7, 11) is 0. The van der Waals surface area contributed by atoms with Gasteiger partial charge in [0.15, 0.2) is 11.0 Å². The quantitative estimate of drug-likeness (QED) is 0.454. The Morgan fingerprint density at radius 3 is 2.61 bits per heavy atom. The van der Waals surface area contributed by atoms with Gasteiger partial charge in [-0.2, -0.15) is 0 Å². The monoisotopic (exact) mass is 455 g/mol. The molecule has 1 aliphatic heterocycles. The summed E-state index contributed by atoms with van der Waals surface area (Å²) in [4.78, 5) is 26.7. The second kappa shape index (κ2) is 8.91. The highest BCUT2D eigenvalue weighted by Gasteiger charge is 2.27. The van der Waals surface area contributed by atoms with Crippen molar-refractivity contribution in [2.75, 3.05) is 22.5 Å². The minimum Gasteiger partial charge on any atom is -0.323 e. The van der Waals surface area contributed by atoms with Crippen LogP contribution in [0.3, 0.4) is 0 Å². The smallest absolute Gasteiger partial charge is 0.244 e. The molecule has 33 heavy (non-hydrogen) atoms. The second-order valence-corrected chi connectivity index (χ2v) is 8.62. The molecule has 7 nitrogen and oxygen atoms in total. The number of thioether (sulfide) groups is 1. The molecule has 0 atom stereocenters. The standard InChI is InChI=1S/C25H21N5O2S/c1-17-8-7-9-18(14-17)24-27-28-25(30(24)19-10-3-2-4-11-19)33-16-23(32)29-15-22(31)26-20-12-5-6-13-21(20)29/h2-14H,15-16H2,1H3,(H,26,31). The Morgan fingerprint density at radius 1 is 1.00 bits per heavy atom. The maximum absolute atomic E-state index is 13.1. The van der Waals surface area contributed by atoms with Crippen LogP contribution in [0.25, 0.3) is 17.1 Å². The topological polar surface area (TPSA) is 80.1 Å². The summed E-state index contributed by atoms with van der Waals surface area (Å²) in [6.07, 6.45) is 0. The number of benzene rings is 3. The molecule has 0 saturated carbocycles. The highest BCUT2D eigenvalue weighted by atomic mass is 32.2. The van der Waals surface area contributed by atoms with E-state index in [0.29, 0.717) is 22.4 Å². The molecule has 0 fully saturated rings. The van der Waals surface area contributed by atoms with Crippen molar-refractivity contribution < 1.29 is 9.59 Å². The van der Waals surface area contributed by atoms with Gasteiger partial charge in [0, 0.05) is 11.3 Å². The van der Waals surface area contributed by atoms with E-state index in [-0.39, 0.29) is 24.1 Å². The second-order valence-electron chi connectivity index (χ2n) is 7.68. The van der Waals surface area contributed by atoms with E-state index in [0.717, 1.165) is 16.8 Å². The Morgan fingerprint density at radius 2 is 1.79 bits per heavy atom. The van der Waals surface area contributed by atoms with Gasteiger partial charge in [-0.15, -0.1) is 10.2 Å². The summed E-state index contributed by atoms with van der Waals surface area (Å²) in [6, 6.07) is 25.2. The average Bonchev–Trinajstić information content (AvgIpc) is 3.26. The first-order chi connectivity index (χ1) is 16.1. The Labute approximate surface area is 195 Å². The first kappa shape index (κ1) is 21.0. The lowest BCUT2D eigenvalue weighted by atomic mass is 10.1. The van der Waals surface area contributed by atoms with Gasteiger partial charge in [0.2, 0.25) is 11.8 Å². The van der Waals surface area contributed by atoms with Crippen LogP contribution in [0.15, 0.2) is 84.0 Å². The van der Waals surface area contributed by atoms with Gasteiger partial charge >= 0.3 is 0 Å². The molecule has 0 aliphatic carbocycles. The van der Waals surface area contributed by atoms with E-state index in [1.165, 1.54) is 16.7 Å². The summed E-state index contributed by atoms with van der Waals surface area (Å²) in [5.41, 5.74) is 4.33. The normalized spacial score (nSPS) is 12.9. The molecule has 2 amide bonds. The number of para-hydroxylation sites is 3. The van der Waals surface area contributed by atoms with Crippen LogP contribution in [-0.4, -0.2) is 38.9 Å². The van der Waals surface area contributed by atoms with Crippen LogP contribution in [0, 0.1) is 6.92 Å². The minimum absolute atomic E-state index is 0.00365. The lowest BCUT2D eigenvalue weighted by molar-refractivity contribution is -0.120. The van der Waals surface area contributed by atoms with Gasteiger partial charge in [0.1, 0.15) is 6.54 Å². The van der Waals surface area contributed by atoms with Gasteiger partial charge < -0.3 is 10.2 Å². The van der Waals surface area contributed by atoms with Crippen LogP contribution in [-0.2, 0) is 9.59 Å². The predicted octanol–water partition coefficient (Wildman–Crippen LogP) is 4.32. The molecule has 0 radical (unpaired) electrons. The van der Waals surface area contributed by atoms with Gasteiger partial charge in [-0.25, -0.2) is 0 Å². The predicted molar refractivity (Wildman–Crippen MR) is 130 cm³/mol. The summed E-state index contributed by atoms with van der Waals surface area (Å²) in [6.45, 7) is 2.03. The van der Waals surface area contributed by atoms with E-state index in [1.807, 2.05) is 78.2 Å². The maximum atomic E-state index is 13.1. The third-order valence-electron chi connectivity index (χ3n) is 5.32. The van der Waals surface area contributed by atoms with Crippen LogP contribution >= 0.6 is 11.8 Å². The molecule has 4 aromatic rings. The number of amides is 2. The lowest BCUT2D eigenvalue weighted by Crippen LogP contribution is -2.43. The number of hydrogen-bond acceptors (Lipinski definition) is 5. The lowest BCUT2D eigenvalue weighted by Gasteiger charge is -2.29. The molecular weight excluding hydrogens is 434 g/mol. The fourth-order valence-corrected chi connectivity index (χ4v) is 4.63. The number of carbonyl (C=O) groups excluding carboxylic acids is 2. The van der Waals surface area contributed by atoms with E-state index < -0.39 is 0 Å². The number of nitrogens with zero attached hydrogens (tertiary/aromatic N) is 4. The van der Waals surface area contributed by atoms with Crippen molar-refractivity contribution in [3.8, 4) is 17.1 Å². The molecule has 1 aliphatic rings. The molecule has 0 bridgehead atoms. The highest BCUT2D eigenvalue weighted by Crippen LogP contribution is 2.31. The zero-order valence-electron chi connectivity index (χ0n) is 17.9. The molecule has 5 rings (SSSR count). The number of aromatic nitrogens is 3. The zero-order valence-corrected chi connectivity index (χ0v) is 18.7. The van der Waals surface area contributed by atoms with Crippen LogP contribution in [0.2, 0.25) is 0 Å². The number of fused-ring (bicyclic) bond motifs is 1. The first-order valence-electron chi connectivity index (χ1n) is 10.5. The largest absolute Gasteiger partial charge is 0.323 e. The fraction of sp³-hybridized carbons (Fsp3) is 0.120. The summed E-state index contributed by atoms with van der Waals surface area (Å²) in [5, 5.41) is 12.3. The van der Waals surface area contributed by atoms with Gasteiger partial charge in [-0.3, -0.25) is 14.2 Å². The summed E-state index contributed by atoms with van der Waals surface area (Å²) in [5.74, 6) is 0.464. The van der Waals surface area contributed by atoms with Crippen LogP contribution in [0.5, 0.6) is 0 Å². The van der Waals surface area contributed by atoms with E-state index >= 15 is 0 Å².